The Balaban J connectivity index is 1.83. The van der Waals surface area contributed by atoms with Gasteiger partial charge in [-0.3, -0.25) is 9.97 Å². The van der Waals surface area contributed by atoms with Gasteiger partial charge in [0.25, 0.3) is 0 Å². The number of pyridine rings is 2. The molecular weight excluding hydrogens is 319 g/mol. The van der Waals surface area contributed by atoms with Gasteiger partial charge in [-0.25, -0.2) is 4.39 Å². The Morgan fingerprint density at radius 3 is 2.56 bits per heavy atom. The molecule has 1 aromatic carbocycles. The number of nitrogens with two attached hydrogens (primary N) is 1. The van der Waals surface area contributed by atoms with Crippen molar-refractivity contribution >= 4 is 28.2 Å². The molecule has 0 unspecified atom stereocenters. The number of furan rings is 1. The minimum absolute atomic E-state index is 0.249. The van der Waals surface area contributed by atoms with Crippen LogP contribution in [0.3, 0.4) is 0 Å². The zero-order chi connectivity index (χ0) is 17.4. The summed E-state index contributed by atoms with van der Waals surface area (Å²) in [4.78, 5) is 8.64. The third-order valence-electron chi connectivity index (χ3n) is 3.92. The van der Waals surface area contributed by atoms with Crippen LogP contribution < -0.4 is 11.1 Å². The highest BCUT2D eigenvalue weighted by Crippen LogP contribution is 2.38. The normalized spacial score (nSPS) is 11.0. The standard InChI is InChI=1S/C19H15FN4O/c1-11-10-12(6-8-22-11)16-18-15(7-9-23-16)17(19(21)25-18)24-14-4-2-13(20)3-5-14/h2-10,24H,21H2,1H3. The average Bonchev–Trinajstić information content (AvgIpc) is 2.92. The number of halogens is 1. The van der Waals surface area contributed by atoms with E-state index in [0.717, 1.165) is 16.6 Å². The summed E-state index contributed by atoms with van der Waals surface area (Å²) >= 11 is 0. The van der Waals surface area contributed by atoms with Crippen molar-refractivity contribution in [2.24, 2.45) is 0 Å². The number of aromatic nitrogens is 2. The minimum Gasteiger partial charge on any atom is -0.436 e. The van der Waals surface area contributed by atoms with Gasteiger partial charge in [-0.1, -0.05) is 0 Å². The maximum Gasteiger partial charge on any atom is 0.215 e. The SMILES string of the molecule is Cc1cc(-c2nccc3c(Nc4ccc(F)cc4)c(N)oc23)ccn1. The molecule has 5 nitrogen and oxygen atoms in total. The van der Waals surface area contributed by atoms with E-state index in [0.29, 0.717) is 22.7 Å². The molecule has 3 aromatic heterocycles. The van der Waals surface area contributed by atoms with Gasteiger partial charge in [0.05, 0.1) is 5.39 Å². The first-order chi connectivity index (χ1) is 12.1. The molecule has 0 amide bonds. The van der Waals surface area contributed by atoms with Crippen LogP contribution in [-0.2, 0) is 0 Å². The molecule has 4 rings (SSSR count). The third-order valence-corrected chi connectivity index (χ3v) is 3.92. The van der Waals surface area contributed by atoms with E-state index in [2.05, 4.69) is 15.3 Å². The number of rotatable bonds is 3. The molecule has 0 aliphatic carbocycles. The lowest BCUT2D eigenvalue weighted by atomic mass is 10.1. The first kappa shape index (κ1) is 15.1. The molecule has 0 fully saturated rings. The van der Waals surface area contributed by atoms with Crippen molar-refractivity contribution in [1.29, 1.82) is 0 Å². The summed E-state index contributed by atoms with van der Waals surface area (Å²) in [5.74, 6) is -0.0468. The first-order valence-corrected chi connectivity index (χ1v) is 7.74. The molecule has 0 aliphatic heterocycles. The number of nitrogen functional groups attached to an aromatic ring is 1. The summed E-state index contributed by atoms with van der Waals surface area (Å²) in [5, 5.41) is 3.99. The fourth-order valence-electron chi connectivity index (χ4n) is 2.75. The maximum atomic E-state index is 13.1. The lowest BCUT2D eigenvalue weighted by molar-refractivity contribution is 0.628. The van der Waals surface area contributed by atoms with Gasteiger partial charge in [0.15, 0.2) is 5.58 Å². The number of nitrogens with one attached hydrogen (secondary N) is 1. The van der Waals surface area contributed by atoms with E-state index in [-0.39, 0.29) is 11.7 Å². The van der Waals surface area contributed by atoms with Gasteiger partial charge in [-0.2, -0.15) is 0 Å². The molecule has 0 saturated heterocycles. The first-order valence-electron chi connectivity index (χ1n) is 7.74. The molecule has 6 heteroatoms. The van der Waals surface area contributed by atoms with E-state index >= 15 is 0 Å². The van der Waals surface area contributed by atoms with Crippen LogP contribution in [0.5, 0.6) is 0 Å². The van der Waals surface area contributed by atoms with Gasteiger partial charge in [0.1, 0.15) is 17.2 Å². The van der Waals surface area contributed by atoms with Crippen LogP contribution in [-0.4, -0.2) is 9.97 Å². The van der Waals surface area contributed by atoms with Gasteiger partial charge < -0.3 is 15.5 Å². The number of hydrogen-bond donors (Lipinski definition) is 2. The van der Waals surface area contributed by atoms with Crippen LogP contribution in [0.4, 0.5) is 21.6 Å². The third kappa shape index (κ3) is 2.78. The van der Waals surface area contributed by atoms with Gasteiger partial charge in [0.2, 0.25) is 5.88 Å². The molecular formula is C19H15FN4O. The maximum absolute atomic E-state index is 13.1. The van der Waals surface area contributed by atoms with E-state index in [4.69, 9.17) is 10.2 Å². The van der Waals surface area contributed by atoms with E-state index in [1.54, 1.807) is 24.5 Å². The average molecular weight is 334 g/mol. The molecule has 0 atom stereocenters. The summed E-state index contributed by atoms with van der Waals surface area (Å²) in [7, 11) is 0. The van der Waals surface area contributed by atoms with Crippen molar-refractivity contribution in [1.82, 2.24) is 9.97 Å². The highest BCUT2D eigenvalue weighted by Gasteiger charge is 2.17. The van der Waals surface area contributed by atoms with Gasteiger partial charge >= 0.3 is 0 Å². The molecule has 0 bridgehead atoms. The second kappa shape index (κ2) is 5.90. The molecule has 3 heterocycles. The van der Waals surface area contributed by atoms with Crippen LogP contribution in [0.25, 0.3) is 22.2 Å². The Morgan fingerprint density at radius 1 is 1.04 bits per heavy atom. The lowest BCUT2D eigenvalue weighted by Gasteiger charge is -2.05. The second-order valence-electron chi connectivity index (χ2n) is 5.70. The summed E-state index contributed by atoms with van der Waals surface area (Å²) in [6.07, 6.45) is 3.44. The molecule has 4 aromatic rings. The van der Waals surface area contributed by atoms with Crippen LogP contribution in [0.15, 0.2) is 59.3 Å². The van der Waals surface area contributed by atoms with E-state index in [1.807, 2.05) is 25.1 Å². The van der Waals surface area contributed by atoms with E-state index in [9.17, 15) is 4.39 Å². The van der Waals surface area contributed by atoms with Crippen molar-refractivity contribution in [3.63, 3.8) is 0 Å². The summed E-state index contributed by atoms with van der Waals surface area (Å²) < 4.78 is 18.9. The second-order valence-corrected chi connectivity index (χ2v) is 5.70. The number of nitrogens with zero attached hydrogens (tertiary/aromatic N) is 2. The summed E-state index contributed by atoms with van der Waals surface area (Å²) in [6.45, 7) is 1.92. The summed E-state index contributed by atoms with van der Waals surface area (Å²) in [6, 6.07) is 11.7. The molecule has 124 valence electrons. The zero-order valence-electron chi connectivity index (χ0n) is 13.5. The van der Waals surface area contributed by atoms with Crippen molar-refractivity contribution in [3.05, 3.63) is 66.4 Å². The molecule has 0 radical (unpaired) electrons. The van der Waals surface area contributed by atoms with E-state index in [1.165, 1.54) is 12.1 Å². The molecule has 0 saturated carbocycles. The van der Waals surface area contributed by atoms with Gasteiger partial charge in [0, 0.05) is 29.3 Å². The zero-order valence-corrected chi connectivity index (χ0v) is 13.5. The summed E-state index contributed by atoms with van der Waals surface area (Å²) in [5.41, 5.74) is 10.5. The van der Waals surface area contributed by atoms with Crippen LogP contribution in [0.1, 0.15) is 5.69 Å². The number of aryl methyl sites for hydroxylation is 1. The fourth-order valence-corrected chi connectivity index (χ4v) is 2.75. The predicted octanol–water partition coefficient (Wildman–Crippen LogP) is 4.66. The molecule has 25 heavy (non-hydrogen) atoms. The van der Waals surface area contributed by atoms with Gasteiger partial charge in [-0.05, 0) is 49.4 Å². The fraction of sp³-hybridized carbons (Fsp3) is 0.0526. The Kier molecular flexibility index (Phi) is 3.57. The van der Waals surface area contributed by atoms with Crippen LogP contribution in [0.2, 0.25) is 0 Å². The smallest absolute Gasteiger partial charge is 0.215 e. The Labute approximate surface area is 143 Å². The van der Waals surface area contributed by atoms with Gasteiger partial charge in [-0.15, -0.1) is 0 Å². The Bertz CT molecular complexity index is 1060. The highest BCUT2D eigenvalue weighted by molar-refractivity contribution is 6.03. The van der Waals surface area contributed by atoms with Crippen LogP contribution in [0, 0.1) is 12.7 Å². The van der Waals surface area contributed by atoms with Crippen molar-refractivity contribution < 1.29 is 8.81 Å². The van der Waals surface area contributed by atoms with Crippen molar-refractivity contribution in [2.45, 2.75) is 6.92 Å². The quantitative estimate of drug-likeness (QED) is 0.569. The number of hydrogen-bond acceptors (Lipinski definition) is 5. The van der Waals surface area contributed by atoms with Crippen molar-refractivity contribution in [2.75, 3.05) is 11.1 Å². The molecule has 0 aliphatic rings. The number of benzene rings is 1. The molecule has 0 spiro atoms. The lowest BCUT2D eigenvalue weighted by Crippen LogP contribution is -1.93. The topological polar surface area (TPSA) is 77.0 Å². The number of fused-ring (bicyclic) bond motifs is 1. The monoisotopic (exact) mass is 334 g/mol. The molecule has 3 N–H and O–H groups in total. The number of anilines is 3. The highest BCUT2D eigenvalue weighted by atomic mass is 19.1. The largest absolute Gasteiger partial charge is 0.436 e. The Hall–Kier alpha value is -3.41. The Morgan fingerprint density at radius 2 is 1.80 bits per heavy atom. The minimum atomic E-state index is -0.296. The van der Waals surface area contributed by atoms with E-state index < -0.39 is 0 Å². The van der Waals surface area contributed by atoms with Crippen LogP contribution >= 0.6 is 0 Å². The predicted molar refractivity (Wildman–Crippen MR) is 96.1 cm³/mol. The van der Waals surface area contributed by atoms with Crippen molar-refractivity contribution in [3.8, 4) is 11.3 Å².